The van der Waals surface area contributed by atoms with Crippen LogP contribution in [0.1, 0.15) is 26.3 Å². The van der Waals surface area contributed by atoms with E-state index in [1.165, 1.54) is 0 Å². The number of carbonyl (C=O) groups is 1. The molecule has 0 fully saturated rings. The van der Waals surface area contributed by atoms with E-state index < -0.39 is 18.1 Å². The van der Waals surface area contributed by atoms with Gasteiger partial charge in [-0.1, -0.05) is 38.5 Å². The molecule has 5 heteroatoms. The van der Waals surface area contributed by atoms with E-state index in [4.69, 9.17) is 10.5 Å². The standard InChI is InChI=1S/C16H26N2O3/c1-11-5-7-13(8-6-11)21-10-12(19)9-18-14(15(17)20)16(2,3)4/h5-8,12,14,18-19H,9-10H2,1-4H3,(H2,17,20)/t12?,14-/m1/s1. The minimum atomic E-state index is -0.712. The van der Waals surface area contributed by atoms with E-state index in [9.17, 15) is 9.90 Å². The highest BCUT2D eigenvalue weighted by atomic mass is 16.5. The molecule has 118 valence electrons. The summed E-state index contributed by atoms with van der Waals surface area (Å²) in [4.78, 5) is 11.4. The van der Waals surface area contributed by atoms with Crippen LogP contribution < -0.4 is 15.8 Å². The van der Waals surface area contributed by atoms with E-state index in [1.807, 2.05) is 52.0 Å². The number of hydrogen-bond donors (Lipinski definition) is 3. The molecule has 1 rings (SSSR count). The fraction of sp³-hybridized carbons (Fsp3) is 0.562. The quantitative estimate of drug-likeness (QED) is 0.706. The van der Waals surface area contributed by atoms with Gasteiger partial charge in [-0.3, -0.25) is 4.79 Å². The van der Waals surface area contributed by atoms with E-state index in [0.29, 0.717) is 5.75 Å². The molecule has 0 aliphatic carbocycles. The number of primary amides is 1. The Balaban J connectivity index is 2.41. The molecule has 0 saturated carbocycles. The third-order valence-electron chi connectivity index (χ3n) is 3.17. The highest BCUT2D eigenvalue weighted by Crippen LogP contribution is 2.18. The maximum Gasteiger partial charge on any atom is 0.235 e. The molecule has 1 amide bonds. The summed E-state index contributed by atoms with van der Waals surface area (Å²) >= 11 is 0. The SMILES string of the molecule is Cc1ccc(OCC(O)CN[C@H](C(N)=O)C(C)(C)C)cc1. The van der Waals surface area contributed by atoms with E-state index in [-0.39, 0.29) is 18.6 Å². The van der Waals surface area contributed by atoms with Gasteiger partial charge in [0.1, 0.15) is 18.5 Å². The Morgan fingerprint density at radius 1 is 1.33 bits per heavy atom. The van der Waals surface area contributed by atoms with Gasteiger partial charge in [-0.25, -0.2) is 0 Å². The van der Waals surface area contributed by atoms with Gasteiger partial charge < -0.3 is 20.9 Å². The number of ether oxygens (including phenoxy) is 1. The molecule has 0 aromatic heterocycles. The number of benzene rings is 1. The van der Waals surface area contributed by atoms with Crippen molar-refractivity contribution in [2.24, 2.45) is 11.1 Å². The summed E-state index contributed by atoms with van der Waals surface area (Å²) in [6.45, 7) is 8.17. The second-order valence-corrected chi connectivity index (χ2v) is 6.39. The fourth-order valence-corrected chi connectivity index (χ4v) is 1.97. The lowest BCUT2D eigenvalue weighted by Crippen LogP contribution is -2.52. The number of carbonyl (C=O) groups excluding carboxylic acids is 1. The van der Waals surface area contributed by atoms with Gasteiger partial charge in [-0.2, -0.15) is 0 Å². The van der Waals surface area contributed by atoms with Gasteiger partial charge in [0.05, 0.1) is 6.04 Å². The van der Waals surface area contributed by atoms with Crippen molar-refractivity contribution in [3.8, 4) is 5.75 Å². The zero-order valence-corrected chi connectivity index (χ0v) is 13.2. The average Bonchev–Trinajstić information content (AvgIpc) is 2.36. The Morgan fingerprint density at radius 3 is 2.38 bits per heavy atom. The minimum absolute atomic E-state index is 0.158. The van der Waals surface area contributed by atoms with Crippen LogP contribution in [0.25, 0.3) is 0 Å². The lowest BCUT2D eigenvalue weighted by molar-refractivity contribution is -0.122. The largest absolute Gasteiger partial charge is 0.491 e. The fourth-order valence-electron chi connectivity index (χ4n) is 1.97. The zero-order valence-electron chi connectivity index (χ0n) is 13.2. The highest BCUT2D eigenvalue weighted by Gasteiger charge is 2.29. The maximum absolute atomic E-state index is 11.4. The number of aliphatic hydroxyl groups excluding tert-OH is 1. The van der Waals surface area contributed by atoms with Gasteiger partial charge in [0.25, 0.3) is 0 Å². The van der Waals surface area contributed by atoms with Gasteiger partial charge in [-0.05, 0) is 24.5 Å². The van der Waals surface area contributed by atoms with Crippen LogP contribution in [-0.2, 0) is 4.79 Å². The van der Waals surface area contributed by atoms with Crippen LogP contribution in [0.2, 0.25) is 0 Å². The predicted octanol–water partition coefficient (Wildman–Crippen LogP) is 1.22. The third kappa shape index (κ3) is 6.14. The molecule has 0 spiro atoms. The second-order valence-electron chi connectivity index (χ2n) is 6.39. The molecule has 0 heterocycles. The van der Waals surface area contributed by atoms with Crippen LogP contribution in [0.5, 0.6) is 5.75 Å². The number of rotatable bonds is 7. The van der Waals surface area contributed by atoms with Crippen molar-refractivity contribution in [3.05, 3.63) is 29.8 Å². The van der Waals surface area contributed by atoms with Gasteiger partial charge in [0.2, 0.25) is 5.91 Å². The summed E-state index contributed by atoms with van der Waals surface area (Å²) in [5.74, 6) is 0.288. The Bertz CT molecular complexity index is 452. The van der Waals surface area contributed by atoms with Gasteiger partial charge in [0.15, 0.2) is 0 Å². The van der Waals surface area contributed by atoms with Crippen LogP contribution in [0.4, 0.5) is 0 Å². The summed E-state index contributed by atoms with van der Waals surface area (Å²) in [6.07, 6.45) is -0.712. The van der Waals surface area contributed by atoms with Crippen molar-refractivity contribution >= 4 is 5.91 Å². The Labute approximate surface area is 126 Å². The van der Waals surface area contributed by atoms with Crippen molar-refractivity contribution < 1.29 is 14.6 Å². The summed E-state index contributed by atoms with van der Waals surface area (Å²) in [5.41, 5.74) is 6.22. The van der Waals surface area contributed by atoms with Gasteiger partial charge in [-0.15, -0.1) is 0 Å². The highest BCUT2D eigenvalue weighted by molar-refractivity contribution is 5.80. The maximum atomic E-state index is 11.4. The average molecular weight is 294 g/mol. The van der Waals surface area contributed by atoms with Crippen LogP contribution in [-0.4, -0.2) is 36.3 Å². The van der Waals surface area contributed by atoms with E-state index in [2.05, 4.69) is 5.32 Å². The number of nitrogens with one attached hydrogen (secondary N) is 1. The molecular formula is C16H26N2O3. The second kappa shape index (κ2) is 7.43. The molecule has 2 atom stereocenters. The first-order valence-corrected chi connectivity index (χ1v) is 7.10. The molecule has 4 N–H and O–H groups in total. The van der Waals surface area contributed by atoms with E-state index >= 15 is 0 Å². The Kier molecular flexibility index (Phi) is 6.18. The lowest BCUT2D eigenvalue weighted by Gasteiger charge is -2.29. The number of nitrogens with two attached hydrogens (primary N) is 1. The van der Waals surface area contributed by atoms with Crippen molar-refractivity contribution in [1.82, 2.24) is 5.32 Å². The Morgan fingerprint density at radius 2 is 1.90 bits per heavy atom. The first-order valence-electron chi connectivity index (χ1n) is 7.10. The van der Waals surface area contributed by atoms with Crippen LogP contribution in [0.3, 0.4) is 0 Å². The lowest BCUT2D eigenvalue weighted by atomic mass is 9.86. The topological polar surface area (TPSA) is 84.6 Å². The molecule has 1 unspecified atom stereocenters. The molecule has 0 aliphatic rings. The third-order valence-corrected chi connectivity index (χ3v) is 3.17. The summed E-state index contributed by atoms with van der Waals surface area (Å²) in [6, 6.07) is 7.12. The van der Waals surface area contributed by atoms with E-state index in [0.717, 1.165) is 5.56 Å². The smallest absolute Gasteiger partial charge is 0.235 e. The Hall–Kier alpha value is -1.59. The normalized spacial score (nSPS) is 14.5. The number of hydrogen-bond acceptors (Lipinski definition) is 4. The van der Waals surface area contributed by atoms with E-state index in [1.54, 1.807) is 0 Å². The monoisotopic (exact) mass is 294 g/mol. The number of aryl methyl sites for hydroxylation is 1. The minimum Gasteiger partial charge on any atom is -0.491 e. The molecule has 0 radical (unpaired) electrons. The number of aliphatic hydroxyl groups is 1. The molecular weight excluding hydrogens is 268 g/mol. The molecule has 1 aromatic rings. The summed E-state index contributed by atoms with van der Waals surface area (Å²) < 4.78 is 5.49. The zero-order chi connectivity index (χ0) is 16.0. The molecule has 0 aliphatic heterocycles. The molecule has 0 bridgehead atoms. The van der Waals surface area contributed by atoms with Crippen molar-refractivity contribution in [3.63, 3.8) is 0 Å². The summed E-state index contributed by atoms with van der Waals surface area (Å²) in [5, 5.41) is 12.9. The summed E-state index contributed by atoms with van der Waals surface area (Å²) in [7, 11) is 0. The predicted molar refractivity (Wildman–Crippen MR) is 83.1 cm³/mol. The van der Waals surface area contributed by atoms with Crippen LogP contribution in [0.15, 0.2) is 24.3 Å². The molecule has 21 heavy (non-hydrogen) atoms. The number of amides is 1. The van der Waals surface area contributed by atoms with Crippen LogP contribution in [0, 0.1) is 12.3 Å². The molecule has 5 nitrogen and oxygen atoms in total. The van der Waals surface area contributed by atoms with Crippen molar-refractivity contribution in [2.75, 3.05) is 13.2 Å². The molecule has 1 aromatic carbocycles. The molecule has 0 saturated heterocycles. The van der Waals surface area contributed by atoms with Crippen LogP contribution >= 0.6 is 0 Å². The van der Waals surface area contributed by atoms with Gasteiger partial charge in [0, 0.05) is 6.54 Å². The first-order chi connectivity index (χ1) is 9.70. The first kappa shape index (κ1) is 17.5. The van der Waals surface area contributed by atoms with Crippen molar-refractivity contribution in [2.45, 2.75) is 39.8 Å². The van der Waals surface area contributed by atoms with Crippen molar-refractivity contribution in [1.29, 1.82) is 0 Å². The van der Waals surface area contributed by atoms with Gasteiger partial charge >= 0.3 is 0 Å².